The van der Waals surface area contributed by atoms with Gasteiger partial charge in [0, 0.05) is 12.1 Å². The van der Waals surface area contributed by atoms with Crippen molar-refractivity contribution in [3.05, 3.63) is 48.6 Å². The summed E-state index contributed by atoms with van der Waals surface area (Å²) in [5.41, 5.74) is 0.954. The van der Waals surface area contributed by atoms with E-state index in [9.17, 15) is 0 Å². The molecule has 0 atom stereocenters. The molecule has 0 spiro atoms. The predicted molar refractivity (Wildman–Crippen MR) is 72.1 cm³/mol. The molecule has 0 unspecified atom stereocenters. The van der Waals surface area contributed by atoms with Crippen LogP contribution in [0.1, 0.15) is 5.56 Å². The molecule has 0 bridgehead atoms. The fraction of sp³-hybridized carbons (Fsp3) is 0.0909. The van der Waals surface area contributed by atoms with Crippen molar-refractivity contribution in [1.82, 2.24) is 10.6 Å². The summed E-state index contributed by atoms with van der Waals surface area (Å²) in [6, 6.07) is 9.68. The van der Waals surface area contributed by atoms with Crippen molar-refractivity contribution in [2.45, 2.75) is 0 Å². The minimum absolute atomic E-state index is 0.517. The summed E-state index contributed by atoms with van der Waals surface area (Å²) in [4.78, 5) is 0.622. The molecule has 0 aliphatic heterocycles. The molecule has 0 heterocycles. The zero-order chi connectivity index (χ0) is 11.1. The third kappa shape index (κ3) is 4.18. The van der Waals surface area contributed by atoms with E-state index in [1.807, 2.05) is 30.3 Å². The lowest BCUT2D eigenvalue weighted by Crippen LogP contribution is -2.38. The summed E-state index contributed by atoms with van der Waals surface area (Å²) in [5.74, 6) is 0. The Morgan fingerprint density at radius 1 is 1.27 bits per heavy atom. The van der Waals surface area contributed by atoms with Crippen molar-refractivity contribution in [2.75, 3.05) is 6.54 Å². The highest BCUT2D eigenvalue weighted by atomic mass is 32.1. The lowest BCUT2D eigenvalue weighted by atomic mass is 10.2. The highest BCUT2D eigenvalue weighted by Crippen LogP contribution is 1.98. The second-order valence-electron chi connectivity index (χ2n) is 2.82. The molecule has 0 saturated carbocycles. The third-order valence-corrected chi connectivity index (χ3v) is 2.25. The largest absolute Gasteiger partial charge is 0.359 e. The van der Waals surface area contributed by atoms with Gasteiger partial charge < -0.3 is 10.6 Å². The number of hydrogen-bond donors (Lipinski definition) is 2. The highest BCUT2D eigenvalue weighted by molar-refractivity contribution is 7.82. The first-order valence-corrected chi connectivity index (χ1v) is 5.31. The van der Waals surface area contributed by atoms with Crippen LogP contribution in [0, 0.1) is 0 Å². The van der Waals surface area contributed by atoms with E-state index in [1.165, 1.54) is 0 Å². The Morgan fingerprint density at radius 3 is 2.53 bits per heavy atom. The number of benzene rings is 1. The molecule has 1 aromatic rings. The molecule has 2 nitrogen and oxygen atoms in total. The molecule has 4 heteroatoms. The van der Waals surface area contributed by atoms with Gasteiger partial charge in [-0.1, -0.05) is 48.6 Å². The molecule has 78 valence electrons. The first kappa shape index (κ1) is 11.8. The number of nitrogens with one attached hydrogen (secondary N) is 2. The van der Waals surface area contributed by atoms with Crippen molar-refractivity contribution >= 4 is 34.5 Å². The monoisotopic (exact) mass is 236 g/mol. The summed E-state index contributed by atoms with van der Waals surface area (Å²) in [7, 11) is 0. The van der Waals surface area contributed by atoms with Gasteiger partial charge in [-0.3, -0.25) is 0 Å². The van der Waals surface area contributed by atoms with Crippen LogP contribution in [-0.4, -0.2) is 16.6 Å². The summed E-state index contributed by atoms with van der Waals surface area (Å²) < 4.78 is 0. The smallest absolute Gasteiger partial charge is 0.171 e. The Bertz CT molecular complexity index is 360. The van der Waals surface area contributed by atoms with Crippen molar-refractivity contribution in [1.29, 1.82) is 0 Å². The van der Waals surface area contributed by atoms with Crippen molar-refractivity contribution in [2.24, 2.45) is 0 Å². The number of thiocarbonyl (C=S) groups is 2. The molecule has 0 fully saturated rings. The van der Waals surface area contributed by atoms with E-state index in [0.717, 1.165) is 5.56 Å². The van der Waals surface area contributed by atoms with Gasteiger partial charge in [0.2, 0.25) is 0 Å². The van der Waals surface area contributed by atoms with E-state index in [4.69, 9.17) is 24.4 Å². The molecular formula is C11H12N2S2. The van der Waals surface area contributed by atoms with Gasteiger partial charge in [0.15, 0.2) is 5.11 Å². The van der Waals surface area contributed by atoms with Gasteiger partial charge in [0.25, 0.3) is 0 Å². The average Bonchev–Trinajstić information content (AvgIpc) is 2.27. The van der Waals surface area contributed by atoms with Crippen molar-refractivity contribution in [3.8, 4) is 0 Å². The van der Waals surface area contributed by atoms with Gasteiger partial charge in [-0.2, -0.15) is 0 Å². The lowest BCUT2D eigenvalue weighted by Gasteiger charge is -2.09. The van der Waals surface area contributed by atoms with Crippen LogP contribution in [0.15, 0.2) is 43.0 Å². The minimum Gasteiger partial charge on any atom is -0.359 e. The first-order chi connectivity index (χ1) is 7.24. The maximum atomic E-state index is 5.18. The van der Waals surface area contributed by atoms with Gasteiger partial charge in [0.1, 0.15) is 4.99 Å². The van der Waals surface area contributed by atoms with Crippen molar-refractivity contribution in [3.63, 3.8) is 0 Å². The SMILES string of the molecule is C=CCNC(=S)NC(=S)c1ccccc1. The topological polar surface area (TPSA) is 24.1 Å². The zero-order valence-corrected chi connectivity index (χ0v) is 9.83. The summed E-state index contributed by atoms with van der Waals surface area (Å²) in [6.07, 6.45) is 1.74. The second kappa shape index (κ2) is 6.27. The van der Waals surface area contributed by atoms with Crippen LogP contribution >= 0.6 is 24.4 Å². The standard InChI is InChI=1S/C11H12N2S2/c1-2-8-12-11(15)13-10(14)9-6-4-3-5-7-9/h2-7H,1,8H2,(H2,12,13,14,15). The van der Waals surface area contributed by atoms with E-state index in [0.29, 0.717) is 16.6 Å². The van der Waals surface area contributed by atoms with Crippen LogP contribution in [0.3, 0.4) is 0 Å². The van der Waals surface area contributed by atoms with Gasteiger partial charge in [-0.15, -0.1) is 6.58 Å². The van der Waals surface area contributed by atoms with Crippen molar-refractivity contribution < 1.29 is 0 Å². The normalized spacial score (nSPS) is 9.07. The molecule has 0 saturated heterocycles. The maximum absolute atomic E-state index is 5.18. The molecule has 0 amide bonds. The van der Waals surface area contributed by atoms with E-state index in [1.54, 1.807) is 6.08 Å². The van der Waals surface area contributed by atoms with Crippen LogP contribution in [0.2, 0.25) is 0 Å². The molecule has 0 aliphatic rings. The van der Waals surface area contributed by atoms with E-state index in [2.05, 4.69) is 17.2 Å². The molecule has 15 heavy (non-hydrogen) atoms. The Hall–Kier alpha value is -1.26. The third-order valence-electron chi connectivity index (χ3n) is 1.67. The van der Waals surface area contributed by atoms with Crippen LogP contribution in [0.4, 0.5) is 0 Å². The van der Waals surface area contributed by atoms with Gasteiger partial charge in [-0.05, 0) is 12.2 Å². The second-order valence-corrected chi connectivity index (χ2v) is 3.64. The molecule has 0 aromatic heterocycles. The average molecular weight is 236 g/mol. The Balaban J connectivity index is 2.49. The zero-order valence-electron chi connectivity index (χ0n) is 8.19. The van der Waals surface area contributed by atoms with Crippen LogP contribution in [0.5, 0.6) is 0 Å². The van der Waals surface area contributed by atoms with Crippen LogP contribution in [-0.2, 0) is 0 Å². The molecule has 2 N–H and O–H groups in total. The van der Waals surface area contributed by atoms with E-state index in [-0.39, 0.29) is 0 Å². The molecule has 1 rings (SSSR count). The number of rotatable bonds is 3. The van der Waals surface area contributed by atoms with E-state index < -0.39 is 0 Å². The van der Waals surface area contributed by atoms with Gasteiger partial charge in [-0.25, -0.2) is 0 Å². The fourth-order valence-corrected chi connectivity index (χ4v) is 1.46. The summed E-state index contributed by atoms with van der Waals surface area (Å²) in [5, 5.41) is 6.40. The van der Waals surface area contributed by atoms with Crippen LogP contribution < -0.4 is 10.6 Å². The molecular weight excluding hydrogens is 224 g/mol. The minimum atomic E-state index is 0.517. The molecule has 0 radical (unpaired) electrons. The Labute approximate surface area is 100 Å². The molecule has 1 aromatic carbocycles. The quantitative estimate of drug-likeness (QED) is 0.619. The number of hydrogen-bond acceptors (Lipinski definition) is 2. The predicted octanol–water partition coefficient (Wildman–Crippen LogP) is 2.01. The Kier molecular flexibility index (Phi) is 4.93. The van der Waals surface area contributed by atoms with Gasteiger partial charge in [0.05, 0.1) is 0 Å². The summed E-state index contributed by atoms with van der Waals surface area (Å²) >= 11 is 10.2. The van der Waals surface area contributed by atoms with E-state index >= 15 is 0 Å². The summed E-state index contributed by atoms with van der Waals surface area (Å²) in [6.45, 7) is 4.22. The molecule has 0 aliphatic carbocycles. The highest BCUT2D eigenvalue weighted by Gasteiger charge is 2.01. The lowest BCUT2D eigenvalue weighted by molar-refractivity contribution is 1.03. The fourth-order valence-electron chi connectivity index (χ4n) is 0.974. The maximum Gasteiger partial charge on any atom is 0.171 e. The first-order valence-electron chi connectivity index (χ1n) is 4.49. The van der Waals surface area contributed by atoms with Crippen LogP contribution in [0.25, 0.3) is 0 Å². The Morgan fingerprint density at radius 2 is 1.93 bits per heavy atom. The van der Waals surface area contributed by atoms with Gasteiger partial charge >= 0.3 is 0 Å².